The molecule has 1 saturated heterocycles. The average molecular weight is 408 g/mol. The first kappa shape index (κ1) is 21.7. The zero-order valence-electron chi connectivity index (χ0n) is 16.0. The monoisotopic (exact) mass is 408 g/mol. The van der Waals surface area contributed by atoms with Crippen molar-refractivity contribution in [3.05, 3.63) is 29.8 Å². The van der Waals surface area contributed by atoms with Crippen molar-refractivity contribution in [1.82, 2.24) is 4.90 Å². The standard InChI is InChI=1S/C19H24N2O6S/c1-14(2)10-21(16-7-8-28(24,25)13-16)18(22)11-27-19(23)12-26-17-6-4-3-5-15(17)9-20/h3-6,14,16H,7-8,10-13H2,1-2H3/t16-/m0/s1. The zero-order valence-corrected chi connectivity index (χ0v) is 16.8. The van der Waals surface area contributed by atoms with Crippen LogP contribution in [-0.4, -0.2) is 62.5 Å². The van der Waals surface area contributed by atoms with Crippen LogP contribution in [0.5, 0.6) is 5.75 Å². The molecule has 152 valence electrons. The Labute approximate surface area is 164 Å². The third-order valence-corrected chi connectivity index (χ3v) is 5.99. The minimum absolute atomic E-state index is 0.0610. The summed E-state index contributed by atoms with van der Waals surface area (Å²) in [5, 5.41) is 8.99. The maximum atomic E-state index is 12.5. The number of carbonyl (C=O) groups is 2. The second-order valence-corrected chi connectivity index (χ2v) is 9.28. The van der Waals surface area contributed by atoms with Crippen molar-refractivity contribution >= 4 is 21.7 Å². The molecule has 0 saturated carbocycles. The number of esters is 1. The largest absolute Gasteiger partial charge is 0.481 e. The van der Waals surface area contributed by atoms with E-state index in [4.69, 9.17) is 14.7 Å². The quantitative estimate of drug-likeness (QED) is 0.593. The summed E-state index contributed by atoms with van der Waals surface area (Å²) in [6.45, 7) is 3.33. The van der Waals surface area contributed by atoms with E-state index in [1.807, 2.05) is 19.9 Å². The van der Waals surface area contributed by atoms with Crippen molar-refractivity contribution in [2.24, 2.45) is 5.92 Å². The van der Waals surface area contributed by atoms with Crippen molar-refractivity contribution in [3.63, 3.8) is 0 Å². The number of para-hydroxylation sites is 1. The number of carbonyl (C=O) groups excluding carboxylic acids is 2. The van der Waals surface area contributed by atoms with Gasteiger partial charge in [-0.25, -0.2) is 13.2 Å². The van der Waals surface area contributed by atoms with Crippen molar-refractivity contribution in [3.8, 4) is 11.8 Å². The summed E-state index contributed by atoms with van der Waals surface area (Å²) in [6, 6.07) is 8.03. The van der Waals surface area contributed by atoms with Crippen LogP contribution in [0, 0.1) is 17.2 Å². The van der Waals surface area contributed by atoms with E-state index in [1.54, 1.807) is 24.3 Å². The number of amides is 1. The van der Waals surface area contributed by atoms with Gasteiger partial charge in [0.2, 0.25) is 0 Å². The van der Waals surface area contributed by atoms with E-state index in [9.17, 15) is 18.0 Å². The number of nitriles is 1. The number of nitrogens with zero attached hydrogens (tertiary/aromatic N) is 2. The van der Waals surface area contributed by atoms with Crippen LogP contribution in [-0.2, 0) is 24.2 Å². The van der Waals surface area contributed by atoms with Crippen LogP contribution in [0.1, 0.15) is 25.8 Å². The Kier molecular flexibility index (Phi) is 7.40. The van der Waals surface area contributed by atoms with Crippen LogP contribution < -0.4 is 4.74 Å². The Balaban J connectivity index is 1.89. The van der Waals surface area contributed by atoms with Crippen LogP contribution in [0.4, 0.5) is 0 Å². The van der Waals surface area contributed by atoms with Gasteiger partial charge >= 0.3 is 5.97 Å². The second-order valence-electron chi connectivity index (χ2n) is 7.05. The Morgan fingerprint density at radius 3 is 2.61 bits per heavy atom. The molecule has 1 heterocycles. The molecule has 0 N–H and O–H groups in total. The molecule has 28 heavy (non-hydrogen) atoms. The minimum Gasteiger partial charge on any atom is -0.481 e. The lowest BCUT2D eigenvalue weighted by Gasteiger charge is -2.29. The highest BCUT2D eigenvalue weighted by atomic mass is 32.2. The van der Waals surface area contributed by atoms with Gasteiger partial charge in [-0.1, -0.05) is 26.0 Å². The Morgan fingerprint density at radius 2 is 2.00 bits per heavy atom. The molecule has 1 aliphatic rings. The highest BCUT2D eigenvalue weighted by molar-refractivity contribution is 7.91. The normalized spacial score (nSPS) is 17.7. The summed E-state index contributed by atoms with van der Waals surface area (Å²) in [7, 11) is -3.13. The summed E-state index contributed by atoms with van der Waals surface area (Å²) in [4.78, 5) is 25.9. The first-order valence-corrected chi connectivity index (χ1v) is 10.8. The Morgan fingerprint density at radius 1 is 1.29 bits per heavy atom. The summed E-state index contributed by atoms with van der Waals surface area (Å²) >= 11 is 0. The topological polar surface area (TPSA) is 114 Å². The molecule has 0 aromatic heterocycles. The third-order valence-electron chi connectivity index (χ3n) is 4.24. The van der Waals surface area contributed by atoms with Crippen LogP contribution in [0.3, 0.4) is 0 Å². The first-order valence-electron chi connectivity index (χ1n) is 8.99. The summed E-state index contributed by atoms with van der Waals surface area (Å²) in [5.74, 6) is -0.773. The molecule has 2 rings (SSSR count). The molecule has 0 spiro atoms. The Hall–Kier alpha value is -2.60. The molecule has 9 heteroatoms. The highest BCUT2D eigenvalue weighted by Gasteiger charge is 2.35. The van der Waals surface area contributed by atoms with E-state index in [-0.39, 0.29) is 28.7 Å². The lowest BCUT2D eigenvalue weighted by molar-refractivity contribution is -0.154. The average Bonchev–Trinajstić information content (AvgIpc) is 3.02. The smallest absolute Gasteiger partial charge is 0.344 e. The molecular formula is C19H24N2O6S. The van der Waals surface area contributed by atoms with E-state index in [0.717, 1.165) is 0 Å². The number of rotatable bonds is 8. The number of hydrogen-bond acceptors (Lipinski definition) is 7. The van der Waals surface area contributed by atoms with Crippen molar-refractivity contribution in [2.45, 2.75) is 26.3 Å². The van der Waals surface area contributed by atoms with Gasteiger partial charge in [-0.05, 0) is 24.5 Å². The van der Waals surface area contributed by atoms with Gasteiger partial charge in [-0.3, -0.25) is 4.79 Å². The molecule has 1 amide bonds. The molecule has 1 aromatic rings. The fourth-order valence-corrected chi connectivity index (χ4v) is 4.69. The molecule has 0 unspecified atom stereocenters. The van der Waals surface area contributed by atoms with E-state index in [1.165, 1.54) is 4.90 Å². The molecule has 8 nitrogen and oxygen atoms in total. The van der Waals surface area contributed by atoms with E-state index < -0.39 is 41.0 Å². The van der Waals surface area contributed by atoms with Crippen molar-refractivity contribution < 1.29 is 27.5 Å². The number of ether oxygens (including phenoxy) is 2. The second kappa shape index (κ2) is 9.55. The van der Waals surface area contributed by atoms with Gasteiger partial charge in [0.05, 0.1) is 17.1 Å². The van der Waals surface area contributed by atoms with Crippen LogP contribution in [0.2, 0.25) is 0 Å². The molecule has 1 fully saturated rings. The SMILES string of the molecule is CC(C)CN(C(=O)COC(=O)COc1ccccc1C#N)[C@H]1CCS(=O)(=O)C1. The van der Waals surface area contributed by atoms with Crippen LogP contribution in [0.15, 0.2) is 24.3 Å². The van der Waals surface area contributed by atoms with Gasteiger partial charge in [0.25, 0.3) is 5.91 Å². The fourth-order valence-electron chi connectivity index (χ4n) is 2.96. The van der Waals surface area contributed by atoms with Gasteiger partial charge in [0.1, 0.15) is 11.8 Å². The predicted molar refractivity (Wildman–Crippen MR) is 101 cm³/mol. The third kappa shape index (κ3) is 6.23. The molecule has 1 aliphatic heterocycles. The molecule has 0 aliphatic carbocycles. The number of benzene rings is 1. The molecule has 1 aromatic carbocycles. The van der Waals surface area contributed by atoms with Gasteiger partial charge in [-0.15, -0.1) is 0 Å². The van der Waals surface area contributed by atoms with Gasteiger partial charge in [-0.2, -0.15) is 5.26 Å². The zero-order chi connectivity index (χ0) is 20.7. The maximum absolute atomic E-state index is 12.5. The lowest BCUT2D eigenvalue weighted by atomic mass is 10.1. The number of sulfone groups is 1. The van der Waals surface area contributed by atoms with Crippen molar-refractivity contribution in [2.75, 3.05) is 31.3 Å². The van der Waals surface area contributed by atoms with Crippen LogP contribution >= 0.6 is 0 Å². The molecule has 1 atom stereocenters. The van der Waals surface area contributed by atoms with Crippen molar-refractivity contribution in [1.29, 1.82) is 5.26 Å². The summed E-state index contributed by atoms with van der Waals surface area (Å²) in [5.41, 5.74) is 0.289. The minimum atomic E-state index is -3.13. The lowest BCUT2D eigenvalue weighted by Crippen LogP contribution is -2.45. The van der Waals surface area contributed by atoms with E-state index >= 15 is 0 Å². The first-order chi connectivity index (χ1) is 13.2. The van der Waals surface area contributed by atoms with Gasteiger partial charge in [0, 0.05) is 12.6 Å². The molecular weight excluding hydrogens is 384 g/mol. The maximum Gasteiger partial charge on any atom is 0.344 e. The molecule has 0 radical (unpaired) electrons. The molecule has 0 bridgehead atoms. The highest BCUT2D eigenvalue weighted by Crippen LogP contribution is 2.19. The summed E-state index contributed by atoms with van der Waals surface area (Å²) in [6.07, 6.45) is 0.392. The number of hydrogen-bond donors (Lipinski definition) is 0. The van der Waals surface area contributed by atoms with Gasteiger partial charge < -0.3 is 14.4 Å². The summed E-state index contributed by atoms with van der Waals surface area (Å²) < 4.78 is 33.7. The fraction of sp³-hybridized carbons (Fsp3) is 0.526. The van der Waals surface area contributed by atoms with E-state index in [0.29, 0.717) is 13.0 Å². The Bertz CT molecular complexity index is 859. The predicted octanol–water partition coefficient (Wildman–Crippen LogP) is 1.15. The van der Waals surface area contributed by atoms with Crippen LogP contribution in [0.25, 0.3) is 0 Å². The van der Waals surface area contributed by atoms with E-state index in [2.05, 4.69) is 0 Å². The van der Waals surface area contributed by atoms with Gasteiger partial charge in [0.15, 0.2) is 23.1 Å².